The second kappa shape index (κ2) is 7.14. The highest BCUT2D eigenvalue weighted by Crippen LogP contribution is 2.24. The highest BCUT2D eigenvalue weighted by Gasteiger charge is 2.17. The third-order valence-electron chi connectivity index (χ3n) is 4.93. The first-order valence-electron chi connectivity index (χ1n) is 8.85. The summed E-state index contributed by atoms with van der Waals surface area (Å²) >= 11 is 6.19. The molecule has 2 aromatic carbocycles. The summed E-state index contributed by atoms with van der Waals surface area (Å²) in [5.41, 5.74) is 3.89. The van der Waals surface area contributed by atoms with Gasteiger partial charge in [-0.3, -0.25) is 4.90 Å². The molecule has 2 heterocycles. The Morgan fingerprint density at radius 1 is 1.00 bits per heavy atom. The van der Waals surface area contributed by atoms with E-state index >= 15 is 0 Å². The largest absolute Gasteiger partial charge is 0.423 e. The molecule has 0 unspecified atom stereocenters. The van der Waals surface area contributed by atoms with Crippen LogP contribution in [0.15, 0.2) is 57.7 Å². The Hall–Kier alpha value is -2.30. The van der Waals surface area contributed by atoms with Gasteiger partial charge in [0, 0.05) is 49.9 Å². The molecule has 0 bridgehead atoms. The molecule has 0 amide bonds. The van der Waals surface area contributed by atoms with Crippen LogP contribution in [0.1, 0.15) is 11.1 Å². The molecule has 4 rings (SSSR count). The van der Waals surface area contributed by atoms with E-state index in [1.165, 1.54) is 22.9 Å². The Balaban J connectivity index is 1.43. The van der Waals surface area contributed by atoms with Crippen LogP contribution < -0.4 is 10.5 Å². The van der Waals surface area contributed by atoms with Gasteiger partial charge in [0.05, 0.1) is 5.02 Å². The molecule has 0 aliphatic carbocycles. The lowest BCUT2D eigenvalue weighted by atomic mass is 10.1. The minimum absolute atomic E-state index is 0.414. The smallest absolute Gasteiger partial charge is 0.337 e. The number of rotatable bonds is 3. The van der Waals surface area contributed by atoms with Gasteiger partial charge in [-0.1, -0.05) is 35.4 Å². The average molecular weight is 369 g/mol. The Morgan fingerprint density at radius 2 is 1.73 bits per heavy atom. The molecule has 26 heavy (non-hydrogen) atoms. The number of benzene rings is 2. The summed E-state index contributed by atoms with van der Waals surface area (Å²) in [7, 11) is 0. The molecule has 0 atom stereocenters. The van der Waals surface area contributed by atoms with E-state index in [0.717, 1.165) is 38.1 Å². The van der Waals surface area contributed by atoms with Crippen molar-refractivity contribution in [2.45, 2.75) is 13.5 Å². The van der Waals surface area contributed by atoms with E-state index in [9.17, 15) is 4.79 Å². The van der Waals surface area contributed by atoms with Gasteiger partial charge in [-0.25, -0.2) is 4.79 Å². The fourth-order valence-electron chi connectivity index (χ4n) is 3.45. The summed E-state index contributed by atoms with van der Waals surface area (Å²) in [4.78, 5) is 16.3. The van der Waals surface area contributed by atoms with Crippen LogP contribution in [0.5, 0.6) is 0 Å². The first-order chi connectivity index (χ1) is 12.6. The van der Waals surface area contributed by atoms with Crippen molar-refractivity contribution in [2.24, 2.45) is 0 Å². The second-order valence-electron chi connectivity index (χ2n) is 6.84. The van der Waals surface area contributed by atoms with Gasteiger partial charge in [0.25, 0.3) is 0 Å². The van der Waals surface area contributed by atoms with Gasteiger partial charge in [-0.15, -0.1) is 0 Å². The summed E-state index contributed by atoms with van der Waals surface area (Å²) in [6, 6.07) is 15.9. The number of fused-ring (bicyclic) bond motifs is 1. The number of halogens is 1. The maximum atomic E-state index is 11.4. The third-order valence-corrected chi connectivity index (χ3v) is 5.25. The zero-order valence-corrected chi connectivity index (χ0v) is 15.5. The predicted octanol–water partition coefficient (Wildman–Crippen LogP) is 4.08. The molecule has 4 nitrogen and oxygen atoms in total. The van der Waals surface area contributed by atoms with Crippen LogP contribution in [0.4, 0.5) is 5.69 Å². The monoisotopic (exact) mass is 368 g/mol. The Bertz CT molecular complexity index is 973. The zero-order valence-electron chi connectivity index (χ0n) is 14.7. The van der Waals surface area contributed by atoms with Crippen molar-refractivity contribution in [1.82, 2.24) is 4.90 Å². The van der Waals surface area contributed by atoms with Crippen molar-refractivity contribution in [3.8, 4) is 0 Å². The highest BCUT2D eigenvalue weighted by molar-refractivity contribution is 6.35. The topological polar surface area (TPSA) is 36.7 Å². The van der Waals surface area contributed by atoms with Crippen LogP contribution in [0, 0.1) is 6.92 Å². The molecular weight excluding hydrogens is 348 g/mol. The average Bonchev–Trinajstić information content (AvgIpc) is 2.64. The SMILES string of the molecule is Cc1ccc(N2CCN(Cc3ccc4oc(=O)cc(Cl)c4c3)CC2)cc1. The Labute approximate surface area is 157 Å². The molecule has 1 fully saturated rings. The molecule has 5 heteroatoms. The normalized spacial score (nSPS) is 15.5. The molecule has 1 aliphatic rings. The van der Waals surface area contributed by atoms with E-state index in [0.29, 0.717) is 10.6 Å². The second-order valence-corrected chi connectivity index (χ2v) is 7.25. The molecule has 134 valence electrons. The highest BCUT2D eigenvalue weighted by atomic mass is 35.5. The van der Waals surface area contributed by atoms with Crippen LogP contribution in [0.2, 0.25) is 5.02 Å². The van der Waals surface area contributed by atoms with Crippen molar-refractivity contribution in [3.63, 3.8) is 0 Å². The summed E-state index contributed by atoms with van der Waals surface area (Å²) in [5.74, 6) is 0. The zero-order chi connectivity index (χ0) is 18.1. The van der Waals surface area contributed by atoms with Crippen LogP contribution in [0.25, 0.3) is 11.0 Å². The third kappa shape index (κ3) is 3.62. The maximum absolute atomic E-state index is 11.4. The fourth-order valence-corrected chi connectivity index (χ4v) is 3.68. The van der Waals surface area contributed by atoms with Gasteiger partial charge in [0.15, 0.2) is 0 Å². The number of anilines is 1. The summed E-state index contributed by atoms with van der Waals surface area (Å²) in [6.45, 7) is 7.06. The fraction of sp³-hybridized carbons (Fsp3) is 0.286. The quantitative estimate of drug-likeness (QED) is 0.653. The van der Waals surface area contributed by atoms with E-state index in [1.807, 2.05) is 18.2 Å². The van der Waals surface area contributed by atoms with Crippen molar-refractivity contribution in [1.29, 1.82) is 0 Å². The van der Waals surface area contributed by atoms with Crippen LogP contribution in [-0.4, -0.2) is 31.1 Å². The Morgan fingerprint density at radius 3 is 2.46 bits per heavy atom. The van der Waals surface area contributed by atoms with Crippen molar-refractivity contribution in [2.75, 3.05) is 31.1 Å². The molecule has 0 spiro atoms. The van der Waals surface area contributed by atoms with Gasteiger partial charge in [-0.05, 0) is 36.8 Å². The van der Waals surface area contributed by atoms with Crippen molar-refractivity contribution < 1.29 is 4.42 Å². The molecule has 1 aliphatic heterocycles. The molecule has 0 saturated carbocycles. The number of hydrogen-bond acceptors (Lipinski definition) is 4. The van der Waals surface area contributed by atoms with E-state index < -0.39 is 5.63 Å². The number of aryl methyl sites for hydroxylation is 1. The predicted molar refractivity (Wildman–Crippen MR) is 106 cm³/mol. The van der Waals surface area contributed by atoms with E-state index in [4.69, 9.17) is 16.0 Å². The lowest BCUT2D eigenvalue weighted by Gasteiger charge is -2.36. The number of piperazine rings is 1. The van der Waals surface area contributed by atoms with E-state index in [-0.39, 0.29) is 0 Å². The van der Waals surface area contributed by atoms with Crippen molar-refractivity contribution >= 4 is 28.3 Å². The van der Waals surface area contributed by atoms with E-state index in [1.54, 1.807) is 0 Å². The lowest BCUT2D eigenvalue weighted by molar-refractivity contribution is 0.250. The van der Waals surface area contributed by atoms with Gasteiger partial charge in [0.2, 0.25) is 0 Å². The summed E-state index contributed by atoms with van der Waals surface area (Å²) in [5, 5.41) is 1.24. The van der Waals surface area contributed by atoms with Gasteiger partial charge in [0.1, 0.15) is 5.58 Å². The van der Waals surface area contributed by atoms with Crippen LogP contribution in [0.3, 0.4) is 0 Å². The maximum Gasteiger partial charge on any atom is 0.337 e. The van der Waals surface area contributed by atoms with Gasteiger partial charge < -0.3 is 9.32 Å². The first kappa shape index (κ1) is 17.1. The number of nitrogens with zero attached hydrogens (tertiary/aromatic N) is 2. The van der Waals surface area contributed by atoms with Gasteiger partial charge >= 0.3 is 5.63 Å². The molecule has 0 N–H and O–H groups in total. The minimum atomic E-state index is -0.414. The number of hydrogen-bond donors (Lipinski definition) is 0. The summed E-state index contributed by atoms with van der Waals surface area (Å²) in [6.07, 6.45) is 0. The molecule has 3 aromatic rings. The van der Waals surface area contributed by atoms with E-state index in [2.05, 4.69) is 41.0 Å². The molecule has 1 aromatic heterocycles. The molecule has 1 saturated heterocycles. The first-order valence-corrected chi connectivity index (χ1v) is 9.22. The minimum Gasteiger partial charge on any atom is -0.423 e. The van der Waals surface area contributed by atoms with Crippen LogP contribution >= 0.6 is 11.6 Å². The molecular formula is C21H21ClN2O2. The lowest BCUT2D eigenvalue weighted by Crippen LogP contribution is -2.45. The van der Waals surface area contributed by atoms with Crippen LogP contribution in [-0.2, 0) is 6.54 Å². The molecule has 0 radical (unpaired) electrons. The Kier molecular flexibility index (Phi) is 4.70. The standard InChI is InChI=1S/C21H21ClN2O2/c1-15-2-5-17(6-3-15)24-10-8-23(9-11-24)14-16-4-7-20-18(12-16)19(22)13-21(25)26-20/h2-7,12-13H,8-11,14H2,1H3. The summed E-state index contributed by atoms with van der Waals surface area (Å²) < 4.78 is 5.20. The van der Waals surface area contributed by atoms with Crippen molar-refractivity contribution in [3.05, 3.63) is 75.1 Å². The van der Waals surface area contributed by atoms with Gasteiger partial charge in [-0.2, -0.15) is 0 Å².